The summed E-state index contributed by atoms with van der Waals surface area (Å²) in [6.45, 7) is 0.584. The summed E-state index contributed by atoms with van der Waals surface area (Å²) < 4.78 is 0. The van der Waals surface area contributed by atoms with Gasteiger partial charge in [-0.3, -0.25) is 4.79 Å². The first-order valence-corrected chi connectivity index (χ1v) is 8.12. The van der Waals surface area contributed by atoms with Crippen LogP contribution in [0.1, 0.15) is 32.1 Å². The van der Waals surface area contributed by atoms with E-state index >= 15 is 0 Å². The summed E-state index contributed by atoms with van der Waals surface area (Å²) >= 11 is 6.07. The van der Waals surface area contributed by atoms with Gasteiger partial charge in [0.25, 0.3) is 0 Å². The molecule has 2 saturated carbocycles. The number of carbonyl (C=O) groups is 1. The molecule has 0 heterocycles. The summed E-state index contributed by atoms with van der Waals surface area (Å²) in [4.78, 5) is 12.5. The number of nitrogens with two attached hydrogens (primary N) is 1. The average Bonchev–Trinajstić information content (AvgIpc) is 3.15. The molecule has 130 valence electrons. The molecule has 1 amide bonds. The van der Waals surface area contributed by atoms with Gasteiger partial charge in [-0.2, -0.15) is 0 Å². The van der Waals surface area contributed by atoms with Gasteiger partial charge in [0.15, 0.2) is 0 Å². The number of hydrogen-bond donors (Lipinski definition) is 3. The second kappa shape index (κ2) is 8.97. The van der Waals surface area contributed by atoms with E-state index in [1.807, 2.05) is 18.2 Å². The standard InChI is InChI=1S/C16H22ClN3O.2ClH/c17-11-4-7-14(19-12-5-6-12)15(8-11)20-16(21)13-3-1-2-10(13)9-18;;/h4,7-8,10,12-13,19H,1-3,5-6,9,18H2,(H,20,21);2*1H/t10-,13-;;/m1../s1. The van der Waals surface area contributed by atoms with Crippen LogP contribution in [0, 0.1) is 11.8 Å². The van der Waals surface area contributed by atoms with E-state index in [0.717, 1.165) is 30.6 Å². The van der Waals surface area contributed by atoms with Crippen molar-refractivity contribution >= 4 is 53.7 Å². The average molecular weight is 381 g/mol. The summed E-state index contributed by atoms with van der Waals surface area (Å²) in [6, 6.07) is 6.13. The highest BCUT2D eigenvalue weighted by Crippen LogP contribution is 2.35. The van der Waals surface area contributed by atoms with Crippen molar-refractivity contribution in [3.05, 3.63) is 23.2 Å². The van der Waals surface area contributed by atoms with Gasteiger partial charge in [0.1, 0.15) is 0 Å². The quantitative estimate of drug-likeness (QED) is 0.721. The molecule has 1 aromatic rings. The predicted octanol–water partition coefficient (Wildman–Crippen LogP) is 4.07. The zero-order valence-electron chi connectivity index (χ0n) is 12.9. The zero-order valence-corrected chi connectivity index (χ0v) is 15.3. The van der Waals surface area contributed by atoms with E-state index in [9.17, 15) is 4.79 Å². The van der Waals surface area contributed by atoms with Gasteiger partial charge in [0, 0.05) is 17.0 Å². The molecule has 2 atom stereocenters. The van der Waals surface area contributed by atoms with Gasteiger partial charge >= 0.3 is 0 Å². The topological polar surface area (TPSA) is 67.2 Å². The molecule has 7 heteroatoms. The Hall–Kier alpha value is -0.680. The highest BCUT2D eigenvalue weighted by molar-refractivity contribution is 6.31. The van der Waals surface area contributed by atoms with Crippen molar-refractivity contribution < 1.29 is 4.79 Å². The summed E-state index contributed by atoms with van der Waals surface area (Å²) in [5.41, 5.74) is 7.51. The van der Waals surface area contributed by atoms with Crippen molar-refractivity contribution in [1.82, 2.24) is 0 Å². The van der Waals surface area contributed by atoms with Gasteiger partial charge in [0.05, 0.1) is 11.4 Å². The Balaban J connectivity index is 0.00000132. The Morgan fingerprint density at radius 1 is 1.17 bits per heavy atom. The first-order valence-electron chi connectivity index (χ1n) is 7.74. The minimum atomic E-state index is 0. The number of hydrogen-bond acceptors (Lipinski definition) is 3. The monoisotopic (exact) mass is 379 g/mol. The molecule has 0 radical (unpaired) electrons. The Bertz CT molecular complexity index is 537. The first kappa shape index (κ1) is 20.4. The first-order chi connectivity index (χ1) is 10.2. The molecule has 0 aromatic heterocycles. The van der Waals surface area contributed by atoms with Gasteiger partial charge in [-0.1, -0.05) is 18.0 Å². The van der Waals surface area contributed by atoms with Crippen LogP contribution in [0.25, 0.3) is 0 Å². The molecule has 23 heavy (non-hydrogen) atoms. The number of amides is 1. The Morgan fingerprint density at radius 2 is 1.91 bits per heavy atom. The molecular formula is C16H24Cl3N3O. The molecule has 0 unspecified atom stereocenters. The molecule has 2 aliphatic rings. The summed E-state index contributed by atoms with van der Waals surface area (Å²) in [5, 5.41) is 7.12. The molecular weight excluding hydrogens is 357 g/mol. The van der Waals surface area contributed by atoms with Crippen LogP contribution in [0.5, 0.6) is 0 Å². The van der Waals surface area contributed by atoms with Gasteiger partial charge in [-0.25, -0.2) is 0 Å². The number of halogens is 3. The summed E-state index contributed by atoms with van der Waals surface area (Å²) in [7, 11) is 0. The molecule has 2 fully saturated rings. The molecule has 3 rings (SSSR count). The second-order valence-corrected chi connectivity index (χ2v) is 6.57. The van der Waals surface area contributed by atoms with E-state index in [-0.39, 0.29) is 36.6 Å². The SMILES string of the molecule is Cl.Cl.NC[C@H]1CCC[C@H]1C(=O)Nc1cc(Cl)ccc1NC1CC1. The minimum absolute atomic E-state index is 0. The van der Waals surface area contributed by atoms with Crippen molar-refractivity contribution in [2.24, 2.45) is 17.6 Å². The Morgan fingerprint density at radius 3 is 2.57 bits per heavy atom. The van der Waals surface area contributed by atoms with Crippen LogP contribution < -0.4 is 16.4 Å². The Kier molecular flexibility index (Phi) is 7.95. The lowest BCUT2D eigenvalue weighted by Crippen LogP contribution is -2.30. The van der Waals surface area contributed by atoms with E-state index in [4.69, 9.17) is 17.3 Å². The van der Waals surface area contributed by atoms with Gasteiger partial charge in [-0.05, 0) is 56.3 Å². The lowest BCUT2D eigenvalue weighted by atomic mass is 9.95. The van der Waals surface area contributed by atoms with Crippen LogP contribution in [0.15, 0.2) is 18.2 Å². The molecule has 0 aliphatic heterocycles. The van der Waals surface area contributed by atoms with Crippen molar-refractivity contribution in [3.8, 4) is 0 Å². The molecule has 2 aliphatic carbocycles. The predicted molar refractivity (Wildman–Crippen MR) is 101 cm³/mol. The normalized spacial score (nSPS) is 22.7. The van der Waals surface area contributed by atoms with E-state index < -0.39 is 0 Å². The fourth-order valence-corrected chi connectivity index (χ4v) is 3.25. The lowest BCUT2D eigenvalue weighted by molar-refractivity contribution is -0.120. The number of rotatable bonds is 5. The molecule has 0 spiro atoms. The second-order valence-electron chi connectivity index (χ2n) is 6.13. The van der Waals surface area contributed by atoms with E-state index in [1.165, 1.54) is 12.8 Å². The van der Waals surface area contributed by atoms with Crippen LogP contribution in [0.4, 0.5) is 11.4 Å². The number of anilines is 2. The molecule has 0 saturated heterocycles. The van der Waals surface area contributed by atoms with Crippen molar-refractivity contribution in [3.63, 3.8) is 0 Å². The van der Waals surface area contributed by atoms with Crippen molar-refractivity contribution in [2.75, 3.05) is 17.2 Å². The number of benzene rings is 1. The molecule has 4 nitrogen and oxygen atoms in total. The summed E-state index contributed by atoms with van der Waals surface area (Å²) in [6.07, 6.45) is 5.45. The third-order valence-electron chi connectivity index (χ3n) is 4.48. The minimum Gasteiger partial charge on any atom is -0.381 e. The van der Waals surface area contributed by atoms with Crippen molar-refractivity contribution in [2.45, 2.75) is 38.1 Å². The van der Waals surface area contributed by atoms with E-state index in [1.54, 1.807) is 0 Å². The molecule has 1 aromatic carbocycles. The largest absolute Gasteiger partial charge is 0.381 e. The number of carbonyl (C=O) groups excluding carboxylic acids is 1. The fourth-order valence-electron chi connectivity index (χ4n) is 3.08. The Labute approximate surface area is 154 Å². The van der Waals surface area contributed by atoms with Crippen LogP contribution in [0.2, 0.25) is 5.02 Å². The van der Waals surface area contributed by atoms with Gasteiger partial charge in [0.2, 0.25) is 5.91 Å². The van der Waals surface area contributed by atoms with E-state index in [0.29, 0.717) is 23.5 Å². The highest BCUT2D eigenvalue weighted by atomic mass is 35.5. The zero-order chi connectivity index (χ0) is 14.8. The highest BCUT2D eigenvalue weighted by Gasteiger charge is 2.32. The fraction of sp³-hybridized carbons (Fsp3) is 0.562. The molecule has 4 N–H and O–H groups in total. The smallest absolute Gasteiger partial charge is 0.227 e. The lowest BCUT2D eigenvalue weighted by Gasteiger charge is -2.19. The maximum Gasteiger partial charge on any atom is 0.227 e. The van der Waals surface area contributed by atoms with Crippen LogP contribution >= 0.6 is 36.4 Å². The third kappa shape index (κ3) is 5.15. The maximum atomic E-state index is 12.5. The van der Waals surface area contributed by atoms with Crippen LogP contribution in [-0.4, -0.2) is 18.5 Å². The van der Waals surface area contributed by atoms with E-state index in [2.05, 4.69) is 10.6 Å². The summed E-state index contributed by atoms with van der Waals surface area (Å²) in [5.74, 6) is 0.413. The molecule has 0 bridgehead atoms. The maximum absolute atomic E-state index is 12.5. The number of nitrogens with one attached hydrogen (secondary N) is 2. The third-order valence-corrected chi connectivity index (χ3v) is 4.71. The van der Waals surface area contributed by atoms with Crippen molar-refractivity contribution in [1.29, 1.82) is 0 Å². The van der Waals surface area contributed by atoms with Gasteiger partial charge in [-0.15, -0.1) is 24.8 Å². The van der Waals surface area contributed by atoms with Crippen LogP contribution in [-0.2, 0) is 4.79 Å². The van der Waals surface area contributed by atoms with Gasteiger partial charge < -0.3 is 16.4 Å². The van der Waals surface area contributed by atoms with Crippen LogP contribution in [0.3, 0.4) is 0 Å².